The summed E-state index contributed by atoms with van der Waals surface area (Å²) in [6.07, 6.45) is -5.78. The standard InChI is InChI=1S/C32H60N2O9/c1-14-22-32(9,39)27(36)18(4)23(33-10)16(2)15-31(8,38)28(19(5)25(35)20(6)29(37)42-22)43-30-26(40-13)24(34(11)12)17(3)21(7)41-30/h16-22,24-28,30,35-36,38-39H,14-15H2,1-13H3/b33-23+/t16-,17-,18+,19+,20-,21-,22-,24+,25+,26-,27-,28-,30+,31-,32-/m1/s1. The topological polar surface area (TPSA) is 151 Å². The van der Waals surface area contributed by atoms with Gasteiger partial charge in [-0.05, 0) is 60.5 Å². The smallest absolute Gasteiger partial charge is 0.311 e. The molecule has 0 aliphatic carbocycles. The van der Waals surface area contributed by atoms with Crippen molar-refractivity contribution in [1.29, 1.82) is 0 Å². The number of cyclic esters (lactones) is 1. The van der Waals surface area contributed by atoms with Crippen molar-refractivity contribution < 1.29 is 44.2 Å². The van der Waals surface area contributed by atoms with Gasteiger partial charge in [-0.1, -0.05) is 34.6 Å². The molecule has 0 aromatic heterocycles. The van der Waals surface area contributed by atoms with E-state index >= 15 is 0 Å². The van der Waals surface area contributed by atoms with Gasteiger partial charge in [0.2, 0.25) is 0 Å². The van der Waals surface area contributed by atoms with Gasteiger partial charge in [-0.3, -0.25) is 9.79 Å². The maximum atomic E-state index is 13.4. The number of esters is 1. The molecular weight excluding hydrogens is 556 g/mol. The molecule has 2 aliphatic rings. The molecule has 0 bridgehead atoms. The van der Waals surface area contributed by atoms with Crippen LogP contribution in [0.1, 0.15) is 75.2 Å². The minimum Gasteiger partial charge on any atom is -0.459 e. The molecule has 0 aromatic rings. The van der Waals surface area contributed by atoms with Crippen molar-refractivity contribution in [2.45, 2.75) is 135 Å². The Morgan fingerprint density at radius 1 is 1.02 bits per heavy atom. The van der Waals surface area contributed by atoms with Gasteiger partial charge in [0.1, 0.15) is 17.8 Å². The molecule has 0 spiro atoms. The molecule has 0 radical (unpaired) electrons. The van der Waals surface area contributed by atoms with Crippen molar-refractivity contribution in [3.05, 3.63) is 0 Å². The summed E-state index contributed by atoms with van der Waals surface area (Å²) in [7, 11) is 7.17. The van der Waals surface area contributed by atoms with E-state index in [0.29, 0.717) is 5.71 Å². The summed E-state index contributed by atoms with van der Waals surface area (Å²) in [4.78, 5) is 19.9. The third kappa shape index (κ3) is 7.98. The van der Waals surface area contributed by atoms with Crippen molar-refractivity contribution in [1.82, 2.24) is 4.90 Å². The second-order valence-electron chi connectivity index (χ2n) is 13.8. The SMILES string of the molecule is CC[C@H]1OC(=O)[C@H](C)[C@@H](O)[C@H](C)[C@@H](O[C@@H]2O[C@H](C)[C@@H](C)[C@H](N(C)C)[C@H]2OC)[C@](C)(O)C[C@@H](C)/C(=N\C)[C@H](C)[C@@H](O)[C@]1(C)O. The number of carbonyl (C=O) groups excluding carboxylic acids is 1. The molecule has 0 aromatic carbocycles. The largest absolute Gasteiger partial charge is 0.459 e. The number of aliphatic hydroxyl groups excluding tert-OH is 2. The molecule has 43 heavy (non-hydrogen) atoms. The zero-order valence-corrected chi connectivity index (χ0v) is 28.6. The Bertz CT molecular complexity index is 942. The molecular formula is C32H60N2O9. The van der Waals surface area contributed by atoms with E-state index < -0.39 is 71.7 Å². The maximum absolute atomic E-state index is 13.4. The number of aliphatic imine (C=N–C) groups is 1. The van der Waals surface area contributed by atoms with Gasteiger partial charge in [0, 0.05) is 43.7 Å². The van der Waals surface area contributed by atoms with Gasteiger partial charge in [-0.25, -0.2) is 0 Å². The Labute approximate surface area is 258 Å². The molecule has 15 atom stereocenters. The third-order valence-electron chi connectivity index (χ3n) is 10.2. The Morgan fingerprint density at radius 2 is 1.60 bits per heavy atom. The zero-order valence-electron chi connectivity index (χ0n) is 28.6. The summed E-state index contributed by atoms with van der Waals surface area (Å²) < 4.78 is 24.6. The van der Waals surface area contributed by atoms with Crippen LogP contribution in [0.2, 0.25) is 0 Å². The summed E-state index contributed by atoms with van der Waals surface area (Å²) in [5.74, 6) is -3.35. The summed E-state index contributed by atoms with van der Waals surface area (Å²) in [5.41, 5.74) is -2.76. The first kappa shape index (κ1) is 38.0. The summed E-state index contributed by atoms with van der Waals surface area (Å²) in [6.45, 7) is 15.9. The first-order chi connectivity index (χ1) is 19.8. The number of likely N-dealkylation sites (N-methyl/N-ethyl adjacent to an activating group) is 1. The van der Waals surface area contributed by atoms with Gasteiger partial charge in [0.05, 0.1) is 35.9 Å². The first-order valence-corrected chi connectivity index (χ1v) is 15.8. The lowest BCUT2D eigenvalue weighted by molar-refractivity contribution is -0.312. The Kier molecular flexibility index (Phi) is 13.2. The van der Waals surface area contributed by atoms with Crippen LogP contribution in [0.15, 0.2) is 4.99 Å². The van der Waals surface area contributed by atoms with Crippen LogP contribution < -0.4 is 0 Å². The highest BCUT2D eigenvalue weighted by molar-refractivity contribution is 5.89. The lowest BCUT2D eigenvalue weighted by Crippen LogP contribution is -2.62. The van der Waals surface area contributed by atoms with Gasteiger partial charge in [0.15, 0.2) is 6.29 Å². The molecule has 2 heterocycles. The third-order valence-corrected chi connectivity index (χ3v) is 10.2. The Hall–Kier alpha value is -1.18. The van der Waals surface area contributed by atoms with Crippen LogP contribution in [0.25, 0.3) is 0 Å². The molecule has 0 unspecified atom stereocenters. The second kappa shape index (κ2) is 14.9. The van der Waals surface area contributed by atoms with E-state index in [9.17, 15) is 25.2 Å². The van der Waals surface area contributed by atoms with Crippen molar-refractivity contribution >= 4 is 11.7 Å². The van der Waals surface area contributed by atoms with Gasteiger partial charge >= 0.3 is 5.97 Å². The van der Waals surface area contributed by atoms with Crippen LogP contribution in [-0.2, 0) is 23.7 Å². The summed E-state index contributed by atoms with van der Waals surface area (Å²) in [5, 5.41) is 46.5. The lowest BCUT2D eigenvalue weighted by Gasteiger charge is -2.50. The number of ether oxygens (including phenoxy) is 4. The molecule has 11 nitrogen and oxygen atoms in total. The van der Waals surface area contributed by atoms with Crippen molar-refractivity contribution in [2.24, 2.45) is 34.6 Å². The van der Waals surface area contributed by atoms with Crippen LogP contribution in [0.4, 0.5) is 0 Å². The van der Waals surface area contributed by atoms with Gasteiger partial charge in [-0.2, -0.15) is 0 Å². The van der Waals surface area contributed by atoms with E-state index in [1.165, 1.54) is 6.92 Å². The van der Waals surface area contributed by atoms with E-state index in [1.54, 1.807) is 48.8 Å². The molecule has 4 N–H and O–H groups in total. The predicted molar refractivity (Wildman–Crippen MR) is 165 cm³/mol. The zero-order chi connectivity index (χ0) is 33.2. The minimum atomic E-state index is -1.79. The van der Waals surface area contributed by atoms with Crippen LogP contribution in [0.5, 0.6) is 0 Å². The van der Waals surface area contributed by atoms with Crippen LogP contribution >= 0.6 is 0 Å². The van der Waals surface area contributed by atoms with Crippen LogP contribution in [0.3, 0.4) is 0 Å². The monoisotopic (exact) mass is 616 g/mol. The summed E-state index contributed by atoms with van der Waals surface area (Å²) >= 11 is 0. The summed E-state index contributed by atoms with van der Waals surface area (Å²) in [6, 6.07) is -0.0461. The number of rotatable bonds is 5. The van der Waals surface area contributed by atoms with Gasteiger partial charge in [0.25, 0.3) is 0 Å². The number of carbonyl (C=O) groups is 1. The van der Waals surface area contributed by atoms with Crippen LogP contribution in [-0.4, -0.2) is 125 Å². The van der Waals surface area contributed by atoms with E-state index in [2.05, 4.69) is 16.8 Å². The van der Waals surface area contributed by atoms with E-state index in [0.717, 1.165) is 0 Å². The molecule has 0 saturated carbocycles. The normalized spacial score (nSPS) is 48.7. The average Bonchev–Trinajstić information content (AvgIpc) is 2.93. The molecule has 0 amide bonds. The fraction of sp³-hybridized carbons (Fsp3) is 0.938. The molecule has 2 aliphatic heterocycles. The van der Waals surface area contributed by atoms with Crippen molar-refractivity contribution in [2.75, 3.05) is 28.3 Å². The fourth-order valence-electron chi connectivity index (χ4n) is 7.47. The van der Waals surface area contributed by atoms with Gasteiger partial charge < -0.3 is 44.3 Å². The first-order valence-electron chi connectivity index (χ1n) is 15.8. The highest BCUT2D eigenvalue weighted by Crippen LogP contribution is 2.39. The number of methoxy groups -OCH3 is 1. The molecule has 2 saturated heterocycles. The quantitative estimate of drug-likeness (QED) is 0.339. The number of hydrogen-bond donors (Lipinski definition) is 4. The lowest BCUT2D eigenvalue weighted by atomic mass is 9.73. The maximum Gasteiger partial charge on any atom is 0.311 e. The van der Waals surface area contributed by atoms with Gasteiger partial charge in [-0.15, -0.1) is 0 Å². The fourth-order valence-corrected chi connectivity index (χ4v) is 7.47. The molecule has 252 valence electrons. The van der Waals surface area contributed by atoms with E-state index in [1.807, 2.05) is 27.9 Å². The minimum absolute atomic E-state index is 0.0461. The molecule has 11 heteroatoms. The highest BCUT2D eigenvalue weighted by Gasteiger charge is 2.52. The molecule has 2 rings (SSSR count). The van der Waals surface area contributed by atoms with Crippen molar-refractivity contribution in [3.63, 3.8) is 0 Å². The molecule has 2 fully saturated rings. The van der Waals surface area contributed by atoms with Crippen LogP contribution in [0, 0.1) is 29.6 Å². The highest BCUT2D eigenvalue weighted by atomic mass is 16.7. The van der Waals surface area contributed by atoms with E-state index in [-0.39, 0.29) is 36.8 Å². The average molecular weight is 617 g/mol. The number of hydrogen-bond acceptors (Lipinski definition) is 11. The van der Waals surface area contributed by atoms with E-state index in [4.69, 9.17) is 18.9 Å². The predicted octanol–water partition coefficient (Wildman–Crippen LogP) is 2.26. The van der Waals surface area contributed by atoms with Crippen molar-refractivity contribution in [3.8, 4) is 0 Å². The Balaban J connectivity index is 2.64. The second-order valence-corrected chi connectivity index (χ2v) is 13.8. The number of nitrogens with zero attached hydrogens (tertiary/aromatic N) is 2. The Morgan fingerprint density at radius 3 is 2.09 bits per heavy atom. The number of aliphatic hydroxyl groups is 4.